The lowest BCUT2D eigenvalue weighted by Gasteiger charge is -2.15. The highest BCUT2D eigenvalue weighted by atomic mass is 35.5. The molecule has 0 spiro atoms. The summed E-state index contributed by atoms with van der Waals surface area (Å²) < 4.78 is 4.64. The Labute approximate surface area is 703 Å². The van der Waals surface area contributed by atoms with Crippen LogP contribution < -0.4 is 4.65 Å². The third kappa shape index (κ3) is 19.1. The van der Waals surface area contributed by atoms with Crippen molar-refractivity contribution in [3.05, 3.63) is 417 Å². The van der Waals surface area contributed by atoms with Gasteiger partial charge in [-0.05, 0) is 108 Å². The molecule has 0 aliphatic carbocycles. The molecular formula is C102H69BCl2FN12O2. The van der Waals surface area contributed by atoms with E-state index < -0.39 is 0 Å². The molecule has 19 aromatic rings. The van der Waals surface area contributed by atoms with Crippen molar-refractivity contribution in [3.8, 4) is 186 Å². The number of para-hydroxylation sites is 1. The van der Waals surface area contributed by atoms with Crippen molar-refractivity contribution in [2.24, 2.45) is 0 Å². The van der Waals surface area contributed by atoms with Gasteiger partial charge in [0.15, 0.2) is 23.3 Å². The van der Waals surface area contributed by atoms with E-state index in [0.717, 1.165) is 135 Å². The Morgan fingerprint density at radius 2 is 0.317 bits per heavy atom. The average molecular weight is 1600 g/mol. The molecule has 18 heteroatoms. The number of benzene rings is 13. The van der Waals surface area contributed by atoms with Crippen LogP contribution in [0.15, 0.2) is 406 Å². The first-order valence-corrected chi connectivity index (χ1v) is 39.1. The van der Waals surface area contributed by atoms with Crippen LogP contribution in [0.1, 0.15) is 0 Å². The van der Waals surface area contributed by atoms with Gasteiger partial charge in [-0.2, -0.15) is 0 Å². The van der Waals surface area contributed by atoms with Gasteiger partial charge in [-0.15, -0.1) is 0 Å². The fourth-order valence-electron chi connectivity index (χ4n) is 13.6. The maximum Gasteiger partial charge on any atom is 0.569 e. The zero-order valence-corrected chi connectivity index (χ0v) is 65.7. The largest absolute Gasteiger partial charge is 0.569 e. The molecule has 14 nitrogen and oxygen atoms in total. The van der Waals surface area contributed by atoms with E-state index in [9.17, 15) is 0 Å². The Balaban J connectivity index is 0.000000162. The lowest BCUT2D eigenvalue weighted by atomic mass is 9.97. The van der Waals surface area contributed by atoms with Gasteiger partial charge in [-0.3, -0.25) is 4.70 Å². The number of halogens is 3. The summed E-state index contributed by atoms with van der Waals surface area (Å²) in [6, 6.07) is 135. The zero-order valence-electron chi connectivity index (χ0n) is 64.1. The van der Waals surface area contributed by atoms with Crippen LogP contribution >= 0.6 is 23.2 Å². The van der Waals surface area contributed by atoms with Gasteiger partial charge in [0.25, 0.3) is 0 Å². The molecule has 0 aliphatic rings. The molecule has 0 saturated heterocycles. The van der Waals surface area contributed by atoms with E-state index in [-0.39, 0.29) is 15.3 Å². The second kappa shape index (κ2) is 37.5. The summed E-state index contributed by atoms with van der Waals surface area (Å²) in [6.45, 7) is 0. The van der Waals surface area contributed by atoms with E-state index in [1.165, 1.54) is 0 Å². The van der Waals surface area contributed by atoms with E-state index in [4.69, 9.17) is 68.1 Å². The summed E-state index contributed by atoms with van der Waals surface area (Å²) in [5.41, 5.74) is 23.7. The highest BCUT2D eigenvalue weighted by Gasteiger charge is 2.22. The summed E-state index contributed by atoms with van der Waals surface area (Å²) in [5.74, 6) is 3.16. The van der Waals surface area contributed by atoms with E-state index in [0.29, 0.717) is 59.5 Å². The first kappa shape index (κ1) is 78.6. The highest BCUT2D eigenvalue weighted by molar-refractivity contribution is 6.29. The van der Waals surface area contributed by atoms with Crippen LogP contribution in [0.2, 0.25) is 10.6 Å². The molecule has 0 bridgehead atoms. The minimum absolute atomic E-state index is 0. The van der Waals surface area contributed by atoms with Crippen molar-refractivity contribution in [2.45, 2.75) is 0 Å². The third-order valence-corrected chi connectivity index (χ3v) is 19.8. The van der Waals surface area contributed by atoms with Crippen LogP contribution in [-0.2, 0) is 0 Å². The molecule has 0 atom stereocenters. The molecule has 6 aromatic heterocycles. The van der Waals surface area contributed by atoms with E-state index >= 15 is 0 Å². The van der Waals surface area contributed by atoms with Gasteiger partial charge >= 0.3 is 7.69 Å². The normalized spacial score (nSPS) is 10.7. The maximum atomic E-state index is 8.17. The van der Waals surface area contributed by atoms with Gasteiger partial charge in [-0.25, -0.2) is 59.8 Å². The number of hydrogen-bond acceptors (Lipinski definition) is 14. The molecule has 0 unspecified atom stereocenters. The number of hydrogen-bond donors (Lipinski definition) is 1. The monoisotopic (exact) mass is 1590 g/mol. The van der Waals surface area contributed by atoms with Gasteiger partial charge in [-0.1, -0.05) is 322 Å². The topological polar surface area (TPSA) is 184 Å². The van der Waals surface area contributed by atoms with E-state index in [2.05, 4.69) is 110 Å². The Bertz CT molecular complexity index is 6000. The standard InChI is InChI=1S/C54H36N6.C42H26Cl2N6.C6H6BO2.FH/c1-7-19-37(20-8-1)46-34-49(58-52(55-46)40-25-13-4-14-26-40)43-31-44(50-35-47(38-21-9-2-10-22-38)56-53(59-50)41-27-15-5-16-28-41)33-45(32-43)51-36-48(39-23-11-3-12-24-39)57-54(60-51)42-29-17-6-18-30-42;43-41-47-35(28-15-7-2-8-16-28)25-38(49-41)32-21-31(22-33(23-32)39-26-36(48-42(44)50-39)29-17-9-3-10-18-29)37-24-34(27-13-5-1-6-14-27)45-40(46-37)30-19-11-4-12-20-30;8-7-9-6-4-2-1-3-5-6;/h1-36H;1-26H;1-5,8H;1H. The smallest absolute Gasteiger partial charge is 0.537 e. The van der Waals surface area contributed by atoms with Crippen molar-refractivity contribution >= 4 is 30.9 Å². The highest BCUT2D eigenvalue weighted by Crippen LogP contribution is 2.40. The van der Waals surface area contributed by atoms with Crippen LogP contribution in [0.5, 0.6) is 5.75 Å². The molecule has 573 valence electrons. The van der Waals surface area contributed by atoms with E-state index in [1.54, 1.807) is 12.1 Å². The predicted molar refractivity (Wildman–Crippen MR) is 481 cm³/mol. The van der Waals surface area contributed by atoms with Gasteiger partial charge < -0.3 is 9.68 Å². The molecule has 0 aliphatic heterocycles. The molecule has 0 fully saturated rings. The average Bonchev–Trinajstić information content (AvgIpc) is 0.772. The van der Waals surface area contributed by atoms with Crippen molar-refractivity contribution in [1.82, 2.24) is 59.8 Å². The molecule has 120 heavy (non-hydrogen) atoms. The second-order valence-electron chi connectivity index (χ2n) is 27.5. The van der Waals surface area contributed by atoms with Gasteiger partial charge in [0, 0.05) is 89.0 Å². The number of rotatable bonds is 18. The Kier molecular flexibility index (Phi) is 24.6. The van der Waals surface area contributed by atoms with E-state index in [1.807, 2.05) is 309 Å². The fraction of sp³-hybridized carbons (Fsp3) is 0. The molecule has 0 amide bonds. The number of nitrogens with zero attached hydrogens (tertiary/aromatic N) is 12. The number of aromatic nitrogens is 12. The molecule has 19 rings (SSSR count). The van der Waals surface area contributed by atoms with Crippen LogP contribution in [0, 0.1) is 0 Å². The van der Waals surface area contributed by atoms with Crippen LogP contribution in [-0.4, -0.2) is 72.5 Å². The van der Waals surface area contributed by atoms with Crippen molar-refractivity contribution in [3.63, 3.8) is 0 Å². The third-order valence-electron chi connectivity index (χ3n) is 19.4. The zero-order chi connectivity index (χ0) is 80.5. The van der Waals surface area contributed by atoms with Crippen molar-refractivity contribution < 1.29 is 14.4 Å². The minimum Gasteiger partial charge on any atom is -0.537 e. The summed E-state index contributed by atoms with van der Waals surface area (Å²) in [7, 11) is 0.662. The molecule has 1 radical (unpaired) electrons. The lowest BCUT2D eigenvalue weighted by Crippen LogP contribution is -1.99. The lowest BCUT2D eigenvalue weighted by molar-refractivity contribution is 0.454. The molecule has 0 saturated carbocycles. The van der Waals surface area contributed by atoms with Crippen LogP contribution in [0.25, 0.3) is 181 Å². The minimum atomic E-state index is 0. The Hall–Kier alpha value is -15.3. The summed E-state index contributed by atoms with van der Waals surface area (Å²) >= 11 is 13.1. The van der Waals surface area contributed by atoms with Gasteiger partial charge in [0.05, 0.1) is 74.1 Å². The second-order valence-corrected chi connectivity index (χ2v) is 28.1. The first-order chi connectivity index (χ1) is 58.7. The Morgan fingerprint density at radius 1 is 0.175 bits per heavy atom. The predicted octanol–water partition coefficient (Wildman–Crippen LogP) is 24.8. The van der Waals surface area contributed by atoms with Crippen molar-refractivity contribution in [1.29, 1.82) is 0 Å². The van der Waals surface area contributed by atoms with Gasteiger partial charge in [0.2, 0.25) is 10.6 Å². The summed E-state index contributed by atoms with van der Waals surface area (Å²) in [6.07, 6.45) is 0. The SMILES string of the molecule is Clc1nc(-c2ccccc2)cc(-c2cc(-c3cc(-c4ccccc4)nc(Cl)n3)cc(-c3cc(-c4ccccc4)nc(-c4ccccc4)n3)c2)n1.F.O[B]Oc1ccccc1.c1ccc(-c2cc(-c3cc(-c4cc(-c5ccccc5)nc(-c5ccccc5)n4)cc(-c4cc(-c5ccccc5)nc(-c5ccccc5)n4)c3)nc(-c3ccccc3)n2)cc1. The summed E-state index contributed by atoms with van der Waals surface area (Å²) in [4.78, 5) is 59.5. The molecule has 6 heterocycles. The molecular weight excluding hydrogens is 1530 g/mol. The fourth-order valence-corrected chi connectivity index (χ4v) is 14.0. The van der Waals surface area contributed by atoms with Crippen LogP contribution in [0.3, 0.4) is 0 Å². The molecule has 1 N–H and O–H groups in total. The first-order valence-electron chi connectivity index (χ1n) is 38.4. The maximum absolute atomic E-state index is 8.17. The molecule has 13 aromatic carbocycles. The summed E-state index contributed by atoms with van der Waals surface area (Å²) in [5, 5.41) is 8.46. The van der Waals surface area contributed by atoms with Crippen molar-refractivity contribution in [2.75, 3.05) is 0 Å². The Morgan fingerprint density at radius 3 is 0.492 bits per heavy atom. The quantitative estimate of drug-likeness (QED) is 0.0632. The van der Waals surface area contributed by atoms with Gasteiger partial charge in [0.1, 0.15) is 0 Å². The van der Waals surface area contributed by atoms with Crippen LogP contribution in [0.4, 0.5) is 4.70 Å².